The van der Waals surface area contributed by atoms with Crippen molar-refractivity contribution in [3.8, 4) is 0 Å². The van der Waals surface area contributed by atoms with Gasteiger partial charge >= 0.3 is 0 Å². The Kier molecular flexibility index (Phi) is 5.08. The number of benzene rings is 1. The highest BCUT2D eigenvalue weighted by atomic mass is 19.1. The average molecular weight is 342 g/mol. The standard InChI is InChI=1S/C17H16F2N6/c1-25(10-7-12-5-8-20-9-6-12)15-11-21-24-17(22-15)23-16-13(18)3-2-4-14(16)19/h2-6,8-9,11H,7,10H2,1H3,(H,22,23,24). The number of likely N-dealkylation sites (N-methyl/N-ethyl adjacent to an activating group) is 1. The second kappa shape index (κ2) is 7.61. The molecule has 2 heterocycles. The molecule has 0 amide bonds. The molecule has 0 aliphatic carbocycles. The Labute approximate surface area is 143 Å². The van der Waals surface area contributed by atoms with Gasteiger partial charge in [-0.3, -0.25) is 4.98 Å². The summed E-state index contributed by atoms with van der Waals surface area (Å²) in [6.07, 6.45) is 5.78. The van der Waals surface area contributed by atoms with E-state index in [4.69, 9.17) is 0 Å². The third-order valence-electron chi connectivity index (χ3n) is 3.62. The van der Waals surface area contributed by atoms with Gasteiger partial charge in [0.1, 0.15) is 17.3 Å². The molecule has 0 atom stereocenters. The molecular weight excluding hydrogens is 326 g/mol. The van der Waals surface area contributed by atoms with Crippen LogP contribution in [-0.2, 0) is 6.42 Å². The third kappa shape index (κ3) is 4.23. The number of para-hydroxylation sites is 1. The summed E-state index contributed by atoms with van der Waals surface area (Å²) in [5.41, 5.74) is 0.844. The zero-order valence-electron chi connectivity index (χ0n) is 13.5. The highest BCUT2D eigenvalue weighted by molar-refractivity contribution is 5.55. The largest absolute Gasteiger partial charge is 0.358 e. The summed E-state index contributed by atoms with van der Waals surface area (Å²) >= 11 is 0. The number of halogens is 2. The van der Waals surface area contributed by atoms with Crippen LogP contribution in [0.2, 0.25) is 0 Å². The van der Waals surface area contributed by atoms with E-state index >= 15 is 0 Å². The molecular formula is C17H16F2N6. The van der Waals surface area contributed by atoms with Crippen molar-refractivity contribution in [2.75, 3.05) is 23.8 Å². The van der Waals surface area contributed by atoms with E-state index in [1.807, 2.05) is 24.1 Å². The molecule has 0 bridgehead atoms. The quantitative estimate of drug-likeness (QED) is 0.743. The number of nitrogens with zero attached hydrogens (tertiary/aromatic N) is 5. The minimum Gasteiger partial charge on any atom is -0.358 e. The summed E-state index contributed by atoms with van der Waals surface area (Å²) in [6, 6.07) is 7.49. The molecule has 128 valence electrons. The predicted octanol–water partition coefficient (Wildman–Crippen LogP) is 2.97. The van der Waals surface area contributed by atoms with Gasteiger partial charge in [-0.15, -0.1) is 5.10 Å². The molecule has 8 heteroatoms. The van der Waals surface area contributed by atoms with Crippen molar-refractivity contribution in [2.45, 2.75) is 6.42 Å². The molecule has 3 rings (SSSR count). The van der Waals surface area contributed by atoms with E-state index in [2.05, 4.69) is 25.5 Å². The number of rotatable bonds is 6. The van der Waals surface area contributed by atoms with Crippen LogP contribution >= 0.6 is 0 Å². The summed E-state index contributed by atoms with van der Waals surface area (Å²) in [6.45, 7) is 0.691. The van der Waals surface area contributed by atoms with E-state index in [0.29, 0.717) is 12.4 Å². The zero-order valence-corrected chi connectivity index (χ0v) is 13.5. The van der Waals surface area contributed by atoms with E-state index in [-0.39, 0.29) is 11.6 Å². The van der Waals surface area contributed by atoms with Crippen molar-refractivity contribution >= 4 is 17.5 Å². The van der Waals surface area contributed by atoms with E-state index in [1.165, 1.54) is 12.3 Å². The lowest BCUT2D eigenvalue weighted by atomic mass is 10.2. The Morgan fingerprint density at radius 1 is 1.08 bits per heavy atom. The highest BCUT2D eigenvalue weighted by Gasteiger charge is 2.12. The lowest BCUT2D eigenvalue weighted by molar-refractivity contribution is 0.590. The van der Waals surface area contributed by atoms with Crippen LogP contribution in [0.25, 0.3) is 0 Å². The Morgan fingerprint density at radius 2 is 1.80 bits per heavy atom. The smallest absolute Gasteiger partial charge is 0.249 e. The fourth-order valence-corrected chi connectivity index (χ4v) is 2.22. The van der Waals surface area contributed by atoms with E-state index in [0.717, 1.165) is 24.1 Å². The van der Waals surface area contributed by atoms with Gasteiger partial charge in [-0.25, -0.2) is 8.78 Å². The fraction of sp³-hybridized carbons (Fsp3) is 0.176. The molecule has 0 spiro atoms. The lowest BCUT2D eigenvalue weighted by Gasteiger charge is -2.18. The SMILES string of the molecule is CN(CCc1ccncc1)c1cnnc(Nc2c(F)cccc2F)n1. The molecule has 3 aromatic rings. The van der Waals surface area contributed by atoms with Gasteiger partial charge < -0.3 is 10.2 Å². The summed E-state index contributed by atoms with van der Waals surface area (Å²) in [7, 11) is 1.86. The summed E-state index contributed by atoms with van der Waals surface area (Å²) in [5.74, 6) is -0.874. The summed E-state index contributed by atoms with van der Waals surface area (Å²) < 4.78 is 27.4. The van der Waals surface area contributed by atoms with E-state index < -0.39 is 11.6 Å². The molecule has 0 saturated carbocycles. The fourth-order valence-electron chi connectivity index (χ4n) is 2.22. The van der Waals surface area contributed by atoms with Crippen LogP contribution in [0.4, 0.5) is 26.2 Å². The van der Waals surface area contributed by atoms with Gasteiger partial charge in [0.2, 0.25) is 5.95 Å². The summed E-state index contributed by atoms with van der Waals surface area (Å²) in [5, 5.41) is 10.2. The number of hydrogen-bond acceptors (Lipinski definition) is 6. The van der Waals surface area contributed by atoms with Gasteiger partial charge in [-0.05, 0) is 36.2 Å². The number of hydrogen-bond donors (Lipinski definition) is 1. The molecule has 2 aromatic heterocycles. The molecule has 25 heavy (non-hydrogen) atoms. The van der Waals surface area contributed by atoms with Crippen LogP contribution in [-0.4, -0.2) is 33.8 Å². The molecule has 0 aliphatic rings. The first-order chi connectivity index (χ1) is 12.1. The first-order valence-corrected chi connectivity index (χ1v) is 7.64. The van der Waals surface area contributed by atoms with Crippen molar-refractivity contribution in [3.05, 3.63) is 66.1 Å². The Morgan fingerprint density at radius 3 is 2.52 bits per heavy atom. The molecule has 1 N–H and O–H groups in total. The lowest BCUT2D eigenvalue weighted by Crippen LogP contribution is -2.22. The highest BCUT2D eigenvalue weighted by Crippen LogP contribution is 2.21. The van der Waals surface area contributed by atoms with Crippen LogP contribution in [0.3, 0.4) is 0 Å². The van der Waals surface area contributed by atoms with Gasteiger partial charge in [0, 0.05) is 26.0 Å². The monoisotopic (exact) mass is 342 g/mol. The van der Waals surface area contributed by atoms with Crippen LogP contribution in [0.5, 0.6) is 0 Å². The second-order valence-electron chi connectivity index (χ2n) is 5.39. The van der Waals surface area contributed by atoms with Crippen molar-refractivity contribution in [1.29, 1.82) is 0 Å². The number of pyridine rings is 1. The van der Waals surface area contributed by atoms with Crippen LogP contribution in [0.1, 0.15) is 5.56 Å². The zero-order chi connectivity index (χ0) is 17.6. The van der Waals surface area contributed by atoms with Crippen LogP contribution in [0.15, 0.2) is 48.9 Å². The normalized spacial score (nSPS) is 10.5. The topological polar surface area (TPSA) is 66.8 Å². The van der Waals surface area contributed by atoms with Crippen molar-refractivity contribution in [2.24, 2.45) is 0 Å². The Bertz CT molecular complexity index is 823. The van der Waals surface area contributed by atoms with Crippen LogP contribution < -0.4 is 10.2 Å². The third-order valence-corrected chi connectivity index (χ3v) is 3.62. The molecule has 6 nitrogen and oxygen atoms in total. The molecule has 0 aliphatic heterocycles. The Hall–Kier alpha value is -3.16. The number of nitrogens with one attached hydrogen (secondary N) is 1. The maximum atomic E-state index is 13.7. The maximum Gasteiger partial charge on any atom is 0.249 e. The van der Waals surface area contributed by atoms with Crippen LogP contribution in [0, 0.1) is 11.6 Å². The minimum absolute atomic E-state index is 0.0252. The first kappa shape index (κ1) is 16.7. The van der Waals surface area contributed by atoms with Crippen molar-refractivity contribution in [1.82, 2.24) is 20.2 Å². The van der Waals surface area contributed by atoms with Gasteiger partial charge in [-0.1, -0.05) is 6.07 Å². The van der Waals surface area contributed by atoms with Gasteiger partial charge in [0.15, 0.2) is 5.82 Å². The average Bonchev–Trinajstić information content (AvgIpc) is 2.64. The van der Waals surface area contributed by atoms with Gasteiger partial charge in [-0.2, -0.15) is 10.1 Å². The van der Waals surface area contributed by atoms with E-state index in [1.54, 1.807) is 12.4 Å². The van der Waals surface area contributed by atoms with Gasteiger partial charge in [0.05, 0.1) is 6.20 Å². The van der Waals surface area contributed by atoms with E-state index in [9.17, 15) is 8.78 Å². The molecule has 1 aromatic carbocycles. The molecule has 0 fully saturated rings. The van der Waals surface area contributed by atoms with Crippen molar-refractivity contribution < 1.29 is 8.78 Å². The second-order valence-corrected chi connectivity index (χ2v) is 5.39. The minimum atomic E-state index is -0.722. The number of aromatic nitrogens is 4. The molecule has 0 unspecified atom stereocenters. The summed E-state index contributed by atoms with van der Waals surface area (Å²) in [4.78, 5) is 10.1. The maximum absolute atomic E-state index is 13.7. The molecule has 0 saturated heterocycles. The number of anilines is 3. The van der Waals surface area contributed by atoms with Gasteiger partial charge in [0.25, 0.3) is 0 Å². The Balaban J connectivity index is 1.70. The molecule has 0 radical (unpaired) electrons. The predicted molar refractivity (Wildman–Crippen MR) is 90.7 cm³/mol. The first-order valence-electron chi connectivity index (χ1n) is 7.64. The van der Waals surface area contributed by atoms with Crippen molar-refractivity contribution in [3.63, 3.8) is 0 Å².